The lowest BCUT2D eigenvalue weighted by Crippen LogP contribution is -2.53. The van der Waals surface area contributed by atoms with Gasteiger partial charge in [-0.15, -0.1) is 0 Å². The highest BCUT2D eigenvalue weighted by molar-refractivity contribution is 7.92. The van der Waals surface area contributed by atoms with E-state index in [9.17, 15) is 18.0 Å². The van der Waals surface area contributed by atoms with Crippen LogP contribution in [0.4, 0.5) is 10.1 Å². The van der Waals surface area contributed by atoms with Gasteiger partial charge in [-0.05, 0) is 54.4 Å². The predicted octanol–water partition coefficient (Wildman–Crippen LogP) is 5.86. The maximum Gasteiger partial charge on any atom is 0.264 e. The highest BCUT2D eigenvalue weighted by atomic mass is 35.5. The summed E-state index contributed by atoms with van der Waals surface area (Å²) in [6, 6.07) is 24.0. The van der Waals surface area contributed by atoms with Crippen molar-refractivity contribution in [1.82, 2.24) is 10.2 Å². The lowest BCUT2D eigenvalue weighted by molar-refractivity contribution is -0.140. The molecule has 248 valence electrons. The van der Waals surface area contributed by atoms with Gasteiger partial charge in [0.15, 0.2) is 11.5 Å². The van der Waals surface area contributed by atoms with Gasteiger partial charge in [0, 0.05) is 36.2 Å². The molecule has 4 rings (SSSR count). The van der Waals surface area contributed by atoms with Crippen molar-refractivity contribution in [3.63, 3.8) is 0 Å². The highest BCUT2D eigenvalue weighted by Gasteiger charge is 2.35. The first-order valence-corrected chi connectivity index (χ1v) is 16.8. The Morgan fingerprint density at radius 1 is 0.894 bits per heavy atom. The zero-order chi connectivity index (χ0) is 34.0. The molecule has 0 aromatic heterocycles. The Morgan fingerprint density at radius 2 is 1.55 bits per heavy atom. The average Bonchev–Trinajstić information content (AvgIpc) is 3.08. The number of halogens is 2. The van der Waals surface area contributed by atoms with E-state index in [1.807, 2.05) is 37.3 Å². The second-order valence-electron chi connectivity index (χ2n) is 10.6. The third-order valence-corrected chi connectivity index (χ3v) is 9.48. The summed E-state index contributed by atoms with van der Waals surface area (Å²) in [6.07, 6.45) is 0.763. The average molecular weight is 682 g/mol. The van der Waals surface area contributed by atoms with E-state index < -0.39 is 40.2 Å². The van der Waals surface area contributed by atoms with Crippen LogP contribution in [0.3, 0.4) is 0 Å². The van der Waals surface area contributed by atoms with Crippen LogP contribution in [0, 0.1) is 5.82 Å². The Labute approximate surface area is 279 Å². The van der Waals surface area contributed by atoms with Gasteiger partial charge in [-0.2, -0.15) is 0 Å². The van der Waals surface area contributed by atoms with Crippen LogP contribution in [0.25, 0.3) is 0 Å². The summed E-state index contributed by atoms with van der Waals surface area (Å²) in [5, 5.41) is 3.22. The largest absolute Gasteiger partial charge is 0.493 e. The molecule has 1 atom stereocenters. The molecule has 0 saturated heterocycles. The number of rotatable bonds is 15. The van der Waals surface area contributed by atoms with Gasteiger partial charge in [-0.1, -0.05) is 67.1 Å². The van der Waals surface area contributed by atoms with Crippen molar-refractivity contribution in [2.45, 2.75) is 37.2 Å². The van der Waals surface area contributed by atoms with E-state index in [4.69, 9.17) is 21.1 Å². The molecule has 0 heterocycles. The Bertz CT molecular complexity index is 1770. The first-order chi connectivity index (χ1) is 22.6. The number of benzene rings is 4. The molecule has 2 amide bonds. The number of ether oxygens (including phenoxy) is 2. The van der Waals surface area contributed by atoms with E-state index >= 15 is 4.39 Å². The summed E-state index contributed by atoms with van der Waals surface area (Å²) in [5.41, 5.74) is 1.09. The monoisotopic (exact) mass is 681 g/mol. The Hall–Kier alpha value is -4.61. The molecule has 0 aliphatic heterocycles. The highest BCUT2D eigenvalue weighted by Crippen LogP contribution is 2.33. The minimum Gasteiger partial charge on any atom is -0.493 e. The van der Waals surface area contributed by atoms with Crippen LogP contribution in [-0.4, -0.2) is 58.5 Å². The van der Waals surface area contributed by atoms with Crippen LogP contribution in [0.15, 0.2) is 102 Å². The number of hydrogen-bond donors (Lipinski definition) is 1. The number of nitrogens with one attached hydrogen (secondary N) is 1. The Morgan fingerprint density at radius 3 is 2.19 bits per heavy atom. The van der Waals surface area contributed by atoms with Gasteiger partial charge >= 0.3 is 0 Å². The Balaban J connectivity index is 1.82. The molecule has 0 saturated carbocycles. The summed E-state index contributed by atoms with van der Waals surface area (Å²) >= 11 is 6.12. The molecule has 9 nitrogen and oxygen atoms in total. The number of anilines is 1. The standard InChI is InChI=1S/C35H37ClFN3O6S/c1-4-20-38-35(42)31(21-25-10-6-5-7-11-25)39(23-26-12-8-9-13-30(26)37)34(41)24-40(28-16-14-27(36)15-17-28)47(43,44)29-18-19-32(45-2)33(22-29)46-3/h5-19,22,31H,4,20-21,23-24H2,1-3H3,(H,38,42). The minimum absolute atomic E-state index is 0.111. The molecule has 0 spiro atoms. The van der Waals surface area contributed by atoms with Gasteiger partial charge in [-0.3, -0.25) is 13.9 Å². The molecule has 0 radical (unpaired) electrons. The fraction of sp³-hybridized carbons (Fsp3) is 0.257. The number of nitrogens with zero attached hydrogens (tertiary/aromatic N) is 2. The van der Waals surface area contributed by atoms with Crippen molar-refractivity contribution < 1.29 is 31.9 Å². The van der Waals surface area contributed by atoms with Crippen molar-refractivity contribution in [2.24, 2.45) is 0 Å². The topological polar surface area (TPSA) is 105 Å². The third kappa shape index (κ3) is 8.81. The van der Waals surface area contributed by atoms with Gasteiger partial charge in [0.1, 0.15) is 18.4 Å². The maximum atomic E-state index is 15.0. The zero-order valence-corrected chi connectivity index (χ0v) is 27.9. The molecular weight excluding hydrogens is 645 g/mol. The molecule has 0 bridgehead atoms. The molecular formula is C35H37ClFN3O6S. The molecule has 4 aromatic carbocycles. The second-order valence-corrected chi connectivity index (χ2v) is 12.9. The van der Waals surface area contributed by atoms with E-state index in [0.717, 1.165) is 9.87 Å². The summed E-state index contributed by atoms with van der Waals surface area (Å²) in [7, 11) is -1.61. The lowest BCUT2D eigenvalue weighted by atomic mass is 10.0. The molecule has 12 heteroatoms. The molecule has 1 N–H and O–H groups in total. The minimum atomic E-state index is -4.42. The van der Waals surface area contributed by atoms with Crippen molar-refractivity contribution >= 4 is 39.1 Å². The lowest BCUT2D eigenvalue weighted by Gasteiger charge is -2.34. The number of sulfonamides is 1. The fourth-order valence-corrected chi connectivity index (χ4v) is 6.53. The van der Waals surface area contributed by atoms with E-state index in [-0.39, 0.29) is 34.9 Å². The molecule has 0 fully saturated rings. The van der Waals surface area contributed by atoms with Gasteiger partial charge in [0.05, 0.1) is 24.8 Å². The molecule has 1 unspecified atom stereocenters. The predicted molar refractivity (Wildman–Crippen MR) is 180 cm³/mol. The quantitative estimate of drug-likeness (QED) is 0.169. The fourth-order valence-electron chi connectivity index (χ4n) is 4.97. The first kappa shape index (κ1) is 35.2. The van der Waals surface area contributed by atoms with Crippen molar-refractivity contribution in [1.29, 1.82) is 0 Å². The first-order valence-electron chi connectivity index (χ1n) is 14.9. The summed E-state index contributed by atoms with van der Waals surface area (Å²) < 4.78 is 55.1. The van der Waals surface area contributed by atoms with Crippen LogP contribution in [-0.2, 0) is 32.6 Å². The SMILES string of the molecule is CCCNC(=O)C(Cc1ccccc1)N(Cc1ccccc1F)C(=O)CN(c1ccc(Cl)cc1)S(=O)(=O)c1ccc(OC)c(OC)c1. The molecule has 4 aromatic rings. The number of methoxy groups -OCH3 is 2. The van der Waals surface area contributed by atoms with Gasteiger partial charge < -0.3 is 19.7 Å². The van der Waals surface area contributed by atoms with E-state index in [1.54, 1.807) is 6.07 Å². The van der Waals surface area contributed by atoms with Crippen LogP contribution >= 0.6 is 11.6 Å². The summed E-state index contributed by atoms with van der Waals surface area (Å²) in [6.45, 7) is 1.26. The molecule has 0 aliphatic rings. The van der Waals surface area contributed by atoms with Crippen molar-refractivity contribution in [3.8, 4) is 11.5 Å². The van der Waals surface area contributed by atoms with Crippen LogP contribution in [0.5, 0.6) is 11.5 Å². The normalized spacial score (nSPS) is 11.8. The number of carbonyl (C=O) groups excluding carboxylic acids is 2. The number of hydrogen-bond acceptors (Lipinski definition) is 6. The van der Waals surface area contributed by atoms with E-state index in [2.05, 4.69) is 5.32 Å². The molecule has 0 aliphatic carbocycles. The van der Waals surface area contributed by atoms with Crippen LogP contribution in [0.1, 0.15) is 24.5 Å². The smallest absolute Gasteiger partial charge is 0.264 e. The van der Waals surface area contributed by atoms with E-state index in [0.29, 0.717) is 23.7 Å². The summed E-state index contributed by atoms with van der Waals surface area (Å²) in [5.74, 6) is -1.24. The van der Waals surface area contributed by atoms with Crippen LogP contribution < -0.4 is 19.1 Å². The van der Waals surface area contributed by atoms with E-state index in [1.165, 1.54) is 79.8 Å². The Kier molecular flexibility index (Phi) is 12.2. The van der Waals surface area contributed by atoms with Gasteiger partial charge in [0.2, 0.25) is 11.8 Å². The second kappa shape index (κ2) is 16.3. The molecule has 47 heavy (non-hydrogen) atoms. The third-order valence-electron chi connectivity index (χ3n) is 7.46. The number of amides is 2. The summed E-state index contributed by atoms with van der Waals surface area (Å²) in [4.78, 5) is 29.2. The van der Waals surface area contributed by atoms with Gasteiger partial charge in [-0.25, -0.2) is 12.8 Å². The van der Waals surface area contributed by atoms with Gasteiger partial charge in [0.25, 0.3) is 10.0 Å². The van der Waals surface area contributed by atoms with Crippen LogP contribution in [0.2, 0.25) is 5.02 Å². The maximum absolute atomic E-state index is 15.0. The number of carbonyl (C=O) groups is 2. The van der Waals surface area contributed by atoms with Crippen molar-refractivity contribution in [3.05, 3.63) is 119 Å². The van der Waals surface area contributed by atoms with Crippen molar-refractivity contribution in [2.75, 3.05) is 31.6 Å². The zero-order valence-electron chi connectivity index (χ0n) is 26.4.